The van der Waals surface area contributed by atoms with Gasteiger partial charge in [0, 0.05) is 24.2 Å². The molecule has 0 bridgehead atoms. The van der Waals surface area contributed by atoms with Crippen LogP contribution in [0.25, 0.3) is 0 Å². The van der Waals surface area contributed by atoms with Crippen LogP contribution in [0.2, 0.25) is 0 Å². The number of carbonyl (C=O) groups is 1. The number of carbonyl (C=O) groups excluding carboxylic acids is 1. The lowest BCUT2D eigenvalue weighted by Crippen LogP contribution is -2.32. The van der Waals surface area contributed by atoms with Crippen molar-refractivity contribution in [2.45, 2.75) is 32.1 Å². The Morgan fingerprint density at radius 1 is 1.35 bits per heavy atom. The molecule has 2 N–H and O–H groups in total. The highest BCUT2D eigenvalue weighted by molar-refractivity contribution is 7.89. The SMILES string of the molecule is CCCN(CC)C(=O)c1cc(F)c(C)c(S(N)(=O)=O)c1. The lowest BCUT2D eigenvalue weighted by Gasteiger charge is -2.20. The van der Waals surface area contributed by atoms with E-state index in [1.807, 2.05) is 6.92 Å². The monoisotopic (exact) mass is 302 g/mol. The van der Waals surface area contributed by atoms with Gasteiger partial charge in [0.05, 0.1) is 4.90 Å². The first-order valence-electron chi connectivity index (χ1n) is 6.34. The molecule has 1 aromatic carbocycles. The van der Waals surface area contributed by atoms with Gasteiger partial charge < -0.3 is 4.90 Å². The molecule has 1 amide bonds. The third-order valence-corrected chi connectivity index (χ3v) is 4.05. The predicted molar refractivity (Wildman–Crippen MR) is 74.4 cm³/mol. The number of halogens is 1. The topological polar surface area (TPSA) is 80.5 Å². The van der Waals surface area contributed by atoms with Gasteiger partial charge >= 0.3 is 0 Å². The molecule has 7 heteroatoms. The Hall–Kier alpha value is -1.47. The van der Waals surface area contributed by atoms with Gasteiger partial charge in [-0.15, -0.1) is 0 Å². The van der Waals surface area contributed by atoms with Crippen LogP contribution in [0, 0.1) is 12.7 Å². The fraction of sp³-hybridized carbons (Fsp3) is 0.462. The summed E-state index contributed by atoms with van der Waals surface area (Å²) in [5.74, 6) is -1.16. The van der Waals surface area contributed by atoms with Crippen LogP contribution in [0.15, 0.2) is 17.0 Å². The zero-order valence-electron chi connectivity index (χ0n) is 11.8. The number of primary sulfonamides is 1. The molecule has 0 aliphatic heterocycles. The first kappa shape index (κ1) is 16.6. The third kappa shape index (κ3) is 3.55. The summed E-state index contributed by atoms with van der Waals surface area (Å²) in [7, 11) is -4.07. The van der Waals surface area contributed by atoms with Crippen molar-refractivity contribution in [3.63, 3.8) is 0 Å². The molecule has 0 unspecified atom stereocenters. The molecule has 5 nitrogen and oxygen atoms in total. The van der Waals surface area contributed by atoms with Crippen LogP contribution in [0.4, 0.5) is 4.39 Å². The number of nitrogens with zero attached hydrogens (tertiary/aromatic N) is 1. The molecule has 1 aromatic rings. The fourth-order valence-corrected chi connectivity index (χ4v) is 2.74. The first-order valence-corrected chi connectivity index (χ1v) is 7.89. The molecule has 0 aliphatic carbocycles. The van der Waals surface area contributed by atoms with Gasteiger partial charge in [-0.25, -0.2) is 17.9 Å². The molecule has 0 aliphatic rings. The Morgan fingerprint density at radius 2 is 1.95 bits per heavy atom. The molecule has 0 aromatic heterocycles. The van der Waals surface area contributed by atoms with Gasteiger partial charge in [-0.05, 0) is 32.4 Å². The van der Waals surface area contributed by atoms with E-state index in [0.29, 0.717) is 13.1 Å². The molecule has 112 valence electrons. The van der Waals surface area contributed by atoms with Crippen LogP contribution < -0.4 is 5.14 Å². The Labute approximate surface area is 118 Å². The van der Waals surface area contributed by atoms with Gasteiger partial charge in [-0.1, -0.05) is 6.92 Å². The minimum Gasteiger partial charge on any atom is -0.339 e. The standard InChI is InChI=1S/C13H19FN2O3S/c1-4-6-16(5-2)13(17)10-7-11(14)9(3)12(8-10)20(15,18)19/h7-8H,4-6H2,1-3H3,(H2,15,18,19). The third-order valence-electron chi connectivity index (χ3n) is 3.01. The minimum atomic E-state index is -4.07. The van der Waals surface area contributed by atoms with Crippen LogP contribution >= 0.6 is 0 Å². The van der Waals surface area contributed by atoms with Gasteiger partial charge in [0.2, 0.25) is 10.0 Å². The second-order valence-electron chi connectivity index (χ2n) is 4.51. The maximum Gasteiger partial charge on any atom is 0.253 e. The van der Waals surface area contributed by atoms with E-state index < -0.39 is 21.7 Å². The summed E-state index contributed by atoms with van der Waals surface area (Å²) < 4.78 is 36.7. The summed E-state index contributed by atoms with van der Waals surface area (Å²) in [5.41, 5.74) is -0.0879. The number of hydrogen-bond donors (Lipinski definition) is 1. The Morgan fingerprint density at radius 3 is 2.40 bits per heavy atom. The lowest BCUT2D eigenvalue weighted by molar-refractivity contribution is 0.0763. The van der Waals surface area contributed by atoms with Crippen molar-refractivity contribution in [2.75, 3.05) is 13.1 Å². The largest absolute Gasteiger partial charge is 0.339 e. The molecule has 0 spiro atoms. The van der Waals surface area contributed by atoms with E-state index >= 15 is 0 Å². The van der Waals surface area contributed by atoms with E-state index in [0.717, 1.165) is 18.6 Å². The number of nitrogens with two attached hydrogens (primary N) is 1. The van der Waals surface area contributed by atoms with Gasteiger partial charge in [-0.3, -0.25) is 4.79 Å². The maximum absolute atomic E-state index is 13.8. The number of sulfonamides is 1. The highest BCUT2D eigenvalue weighted by Crippen LogP contribution is 2.20. The molecular formula is C13H19FN2O3S. The quantitative estimate of drug-likeness (QED) is 0.898. The maximum atomic E-state index is 13.8. The van der Waals surface area contributed by atoms with Crippen molar-refractivity contribution in [3.8, 4) is 0 Å². The summed E-state index contributed by atoms with van der Waals surface area (Å²) in [6.45, 7) is 6.02. The van der Waals surface area contributed by atoms with Crippen LogP contribution in [0.5, 0.6) is 0 Å². The van der Waals surface area contributed by atoms with Crippen molar-refractivity contribution in [2.24, 2.45) is 5.14 Å². The van der Waals surface area contributed by atoms with Crippen molar-refractivity contribution in [1.82, 2.24) is 4.90 Å². The van der Waals surface area contributed by atoms with Crippen molar-refractivity contribution in [3.05, 3.63) is 29.1 Å². The summed E-state index contributed by atoms with van der Waals surface area (Å²) >= 11 is 0. The van der Waals surface area contributed by atoms with Gasteiger partial charge in [-0.2, -0.15) is 0 Å². The molecule has 0 saturated heterocycles. The Kier molecular flexibility index (Phi) is 5.24. The second kappa shape index (κ2) is 6.32. The van der Waals surface area contributed by atoms with Crippen LogP contribution in [-0.4, -0.2) is 32.3 Å². The van der Waals surface area contributed by atoms with Crippen molar-refractivity contribution in [1.29, 1.82) is 0 Å². The molecule has 0 heterocycles. The average molecular weight is 302 g/mol. The van der Waals surface area contributed by atoms with E-state index in [-0.39, 0.29) is 16.0 Å². The normalized spacial score (nSPS) is 11.4. The van der Waals surface area contributed by atoms with Crippen LogP contribution in [-0.2, 0) is 10.0 Å². The number of benzene rings is 1. The van der Waals surface area contributed by atoms with E-state index in [2.05, 4.69) is 0 Å². The molecule has 20 heavy (non-hydrogen) atoms. The van der Waals surface area contributed by atoms with Crippen LogP contribution in [0.1, 0.15) is 36.2 Å². The Balaban J connectivity index is 3.34. The minimum absolute atomic E-state index is 0.00701. The number of hydrogen-bond acceptors (Lipinski definition) is 3. The van der Waals surface area contributed by atoms with Crippen LogP contribution in [0.3, 0.4) is 0 Å². The van der Waals surface area contributed by atoms with Gasteiger partial charge in [0.25, 0.3) is 5.91 Å². The summed E-state index contributed by atoms with van der Waals surface area (Å²) in [5, 5.41) is 5.04. The highest BCUT2D eigenvalue weighted by Gasteiger charge is 2.21. The average Bonchev–Trinajstić information content (AvgIpc) is 2.36. The van der Waals surface area contributed by atoms with Gasteiger partial charge in [0.1, 0.15) is 5.82 Å². The van der Waals surface area contributed by atoms with E-state index in [4.69, 9.17) is 5.14 Å². The second-order valence-corrected chi connectivity index (χ2v) is 6.04. The van der Waals surface area contributed by atoms with Gasteiger partial charge in [0.15, 0.2) is 0 Å². The molecular weight excluding hydrogens is 283 g/mol. The molecule has 0 atom stereocenters. The molecule has 0 saturated carbocycles. The van der Waals surface area contributed by atoms with Crippen molar-refractivity contribution >= 4 is 15.9 Å². The Bertz CT molecular complexity index is 614. The molecule has 1 rings (SSSR count). The predicted octanol–water partition coefficient (Wildman–Crippen LogP) is 1.65. The summed E-state index contributed by atoms with van der Waals surface area (Å²) in [4.78, 5) is 13.4. The highest BCUT2D eigenvalue weighted by atomic mass is 32.2. The number of amides is 1. The fourth-order valence-electron chi connectivity index (χ4n) is 1.93. The first-order chi connectivity index (χ1) is 9.22. The number of rotatable bonds is 5. The van der Waals surface area contributed by atoms with E-state index in [1.54, 1.807) is 6.92 Å². The molecule has 0 radical (unpaired) electrons. The zero-order chi connectivity index (χ0) is 15.5. The molecule has 0 fully saturated rings. The summed E-state index contributed by atoms with van der Waals surface area (Å²) in [6.07, 6.45) is 0.760. The lowest BCUT2D eigenvalue weighted by atomic mass is 10.1. The summed E-state index contributed by atoms with van der Waals surface area (Å²) in [6, 6.07) is 2.18. The zero-order valence-corrected chi connectivity index (χ0v) is 12.6. The smallest absolute Gasteiger partial charge is 0.253 e. The van der Waals surface area contributed by atoms with Crippen molar-refractivity contribution < 1.29 is 17.6 Å². The van der Waals surface area contributed by atoms with E-state index in [9.17, 15) is 17.6 Å². The van der Waals surface area contributed by atoms with E-state index in [1.165, 1.54) is 11.8 Å².